The summed E-state index contributed by atoms with van der Waals surface area (Å²) in [4.78, 5) is 60.7. The smallest absolute Gasteiger partial charge is 0.339 e. The van der Waals surface area contributed by atoms with Gasteiger partial charge in [0.1, 0.15) is 0 Å². The summed E-state index contributed by atoms with van der Waals surface area (Å²) in [5.41, 5.74) is 1.52. The molecule has 0 spiro atoms. The van der Waals surface area contributed by atoms with Gasteiger partial charge in [-0.3, -0.25) is 0 Å². The fourth-order valence-corrected chi connectivity index (χ4v) is 11.1. The second-order valence-corrected chi connectivity index (χ2v) is 20.7. The van der Waals surface area contributed by atoms with Crippen molar-refractivity contribution in [3.05, 3.63) is 177 Å². The van der Waals surface area contributed by atoms with Crippen LogP contribution in [0, 0.1) is 0 Å². The molecule has 0 saturated heterocycles. The minimum Gasteiger partial charge on any atom is -0.462 e. The number of carbonyl (C=O) groups is 4. The van der Waals surface area contributed by atoms with Crippen LogP contribution in [0.3, 0.4) is 0 Å². The molecule has 0 heterocycles. The quantitative estimate of drug-likeness (QED) is 0.0186. The van der Waals surface area contributed by atoms with Gasteiger partial charge in [0.15, 0.2) is 0 Å². The van der Waals surface area contributed by atoms with Gasteiger partial charge in [-0.05, 0) is 126 Å². The van der Waals surface area contributed by atoms with E-state index in [0.29, 0.717) is 45.8 Å². The molecular formula is C66H60Br2O8. The lowest BCUT2D eigenvalue weighted by atomic mass is 9.86. The van der Waals surface area contributed by atoms with E-state index in [1.807, 2.05) is 113 Å². The van der Waals surface area contributed by atoms with Crippen molar-refractivity contribution in [2.24, 2.45) is 0 Å². The SMILES string of the molecule is CCCCOC(=O)/C(=C(\C(=O)OCCCC)c1cc2c3ccccc3ccc2c2ccccc12)c1cc(Br)c(/C(C(=O)OCCCC)=C(/C(=O)OCCCC)c2cc3c4ccccc4ccc3c3ccccc23)cc1Br. The number of ether oxygens (including phenoxy) is 4. The van der Waals surface area contributed by atoms with Crippen LogP contribution in [-0.2, 0) is 38.1 Å². The summed E-state index contributed by atoms with van der Waals surface area (Å²) in [5.74, 6) is -2.85. The van der Waals surface area contributed by atoms with E-state index in [9.17, 15) is 0 Å². The highest BCUT2D eigenvalue weighted by atomic mass is 79.9. The van der Waals surface area contributed by atoms with E-state index in [-0.39, 0.29) is 59.8 Å². The normalized spacial score (nSPS) is 12.3. The molecule has 0 fully saturated rings. The number of rotatable bonds is 20. The van der Waals surface area contributed by atoms with Crippen molar-refractivity contribution in [2.45, 2.75) is 79.1 Å². The highest BCUT2D eigenvalue weighted by molar-refractivity contribution is 9.11. The number of halogens is 2. The van der Waals surface area contributed by atoms with Gasteiger partial charge in [-0.2, -0.15) is 0 Å². The van der Waals surface area contributed by atoms with Crippen LogP contribution < -0.4 is 0 Å². The topological polar surface area (TPSA) is 105 Å². The summed E-state index contributed by atoms with van der Waals surface area (Å²) in [7, 11) is 0. The molecule has 0 radical (unpaired) electrons. The molecule has 0 unspecified atom stereocenters. The number of unbranched alkanes of at least 4 members (excludes halogenated alkanes) is 4. The Morgan fingerprint density at radius 3 is 0.921 bits per heavy atom. The molecule has 0 N–H and O–H groups in total. The predicted octanol–water partition coefficient (Wildman–Crippen LogP) is 17.3. The van der Waals surface area contributed by atoms with Gasteiger partial charge < -0.3 is 18.9 Å². The van der Waals surface area contributed by atoms with Gasteiger partial charge in [0, 0.05) is 20.1 Å². The molecule has 10 heteroatoms. The largest absolute Gasteiger partial charge is 0.462 e. The van der Waals surface area contributed by atoms with E-state index in [1.165, 1.54) is 0 Å². The van der Waals surface area contributed by atoms with Crippen LogP contribution in [0.5, 0.6) is 0 Å². The first-order valence-electron chi connectivity index (χ1n) is 26.4. The van der Waals surface area contributed by atoms with E-state index in [2.05, 4.69) is 80.4 Å². The molecule has 0 atom stereocenters. The van der Waals surface area contributed by atoms with Crippen molar-refractivity contribution >= 4 is 143 Å². The van der Waals surface area contributed by atoms with Gasteiger partial charge in [-0.15, -0.1) is 0 Å². The first-order chi connectivity index (χ1) is 37.1. The van der Waals surface area contributed by atoms with Gasteiger partial charge in [0.05, 0.1) is 48.7 Å². The second kappa shape index (κ2) is 24.7. The molecule has 9 aromatic rings. The summed E-state index contributed by atoms with van der Waals surface area (Å²) >= 11 is 7.75. The first kappa shape index (κ1) is 53.7. The van der Waals surface area contributed by atoms with Gasteiger partial charge in [-0.25, -0.2) is 19.2 Å². The highest BCUT2D eigenvalue weighted by Gasteiger charge is 2.34. The van der Waals surface area contributed by atoms with Crippen molar-refractivity contribution in [2.75, 3.05) is 26.4 Å². The number of benzene rings is 9. The molecular weight excluding hydrogens is 1080 g/mol. The van der Waals surface area contributed by atoms with Gasteiger partial charge in [0.2, 0.25) is 0 Å². The van der Waals surface area contributed by atoms with E-state index in [0.717, 1.165) is 90.3 Å². The molecule has 0 bridgehead atoms. The summed E-state index contributed by atoms with van der Waals surface area (Å²) in [6.07, 6.45) is 5.48. The molecule has 9 rings (SSSR count). The number of esters is 4. The number of hydrogen-bond donors (Lipinski definition) is 0. The van der Waals surface area contributed by atoms with E-state index in [4.69, 9.17) is 18.9 Å². The third-order valence-corrected chi connectivity index (χ3v) is 15.2. The monoisotopic (exact) mass is 1140 g/mol. The Labute approximate surface area is 460 Å². The molecule has 76 heavy (non-hydrogen) atoms. The van der Waals surface area contributed by atoms with Crippen LogP contribution in [0.1, 0.15) is 101 Å². The third kappa shape index (κ3) is 10.9. The first-order valence-corrected chi connectivity index (χ1v) is 28.0. The molecule has 8 nitrogen and oxygen atoms in total. The minimum atomic E-state index is -0.733. The molecule has 0 amide bonds. The number of fused-ring (bicyclic) bond motifs is 10. The van der Waals surface area contributed by atoms with Crippen molar-refractivity contribution in [3.63, 3.8) is 0 Å². The Bertz CT molecular complexity index is 3530. The van der Waals surface area contributed by atoms with E-state index < -0.39 is 23.9 Å². The highest BCUT2D eigenvalue weighted by Crippen LogP contribution is 2.45. The molecule has 0 saturated carbocycles. The zero-order valence-corrected chi connectivity index (χ0v) is 46.5. The number of hydrogen-bond acceptors (Lipinski definition) is 8. The van der Waals surface area contributed by atoms with Crippen LogP contribution in [0.2, 0.25) is 0 Å². The lowest BCUT2D eigenvalue weighted by Crippen LogP contribution is -2.18. The van der Waals surface area contributed by atoms with Gasteiger partial charge in [-0.1, -0.05) is 207 Å². The molecule has 0 aromatic heterocycles. The van der Waals surface area contributed by atoms with E-state index >= 15 is 19.2 Å². The van der Waals surface area contributed by atoms with Crippen LogP contribution in [0.25, 0.3) is 86.9 Å². The minimum absolute atomic E-state index is 0.0220. The van der Waals surface area contributed by atoms with Crippen LogP contribution >= 0.6 is 31.9 Å². The average molecular weight is 1140 g/mol. The molecule has 0 aliphatic heterocycles. The molecule has 0 aliphatic carbocycles. The van der Waals surface area contributed by atoms with E-state index in [1.54, 1.807) is 12.1 Å². The van der Waals surface area contributed by atoms with Crippen molar-refractivity contribution in [3.8, 4) is 0 Å². The second-order valence-electron chi connectivity index (χ2n) is 19.0. The lowest BCUT2D eigenvalue weighted by Gasteiger charge is -2.21. The van der Waals surface area contributed by atoms with Crippen molar-refractivity contribution in [1.29, 1.82) is 0 Å². The van der Waals surface area contributed by atoms with Crippen molar-refractivity contribution < 1.29 is 38.1 Å². The zero-order chi connectivity index (χ0) is 53.3. The van der Waals surface area contributed by atoms with Crippen LogP contribution in [0.15, 0.2) is 155 Å². The molecule has 0 aliphatic rings. The van der Waals surface area contributed by atoms with Gasteiger partial charge in [0.25, 0.3) is 0 Å². The van der Waals surface area contributed by atoms with Gasteiger partial charge >= 0.3 is 23.9 Å². The maximum Gasteiger partial charge on any atom is 0.339 e. The van der Waals surface area contributed by atoms with Crippen LogP contribution in [-0.4, -0.2) is 50.3 Å². The predicted molar refractivity (Wildman–Crippen MR) is 317 cm³/mol. The third-order valence-electron chi connectivity index (χ3n) is 13.9. The summed E-state index contributed by atoms with van der Waals surface area (Å²) in [6.45, 7) is 8.50. The Balaban J connectivity index is 1.38. The van der Waals surface area contributed by atoms with Crippen molar-refractivity contribution in [1.82, 2.24) is 0 Å². The fraction of sp³-hybridized carbons (Fsp3) is 0.242. The Hall–Kier alpha value is -7.14. The number of carbonyl (C=O) groups excluding carboxylic acids is 4. The molecule has 386 valence electrons. The molecule has 9 aromatic carbocycles. The summed E-state index contributed by atoms with van der Waals surface area (Å²) in [6, 6.07) is 47.6. The Morgan fingerprint density at radius 1 is 0.316 bits per heavy atom. The zero-order valence-electron chi connectivity index (χ0n) is 43.4. The summed E-state index contributed by atoms with van der Waals surface area (Å²) in [5, 5.41) is 11.0. The lowest BCUT2D eigenvalue weighted by molar-refractivity contribution is -0.139. The fourth-order valence-electron chi connectivity index (χ4n) is 9.98. The maximum atomic E-state index is 15.2. The Kier molecular flexibility index (Phi) is 17.4. The standard InChI is InChI=1S/C66H60Br2O8/c1-5-9-33-73-63(69)59(53-37-51-43-23-15-13-21-41(43)29-31-49(51)45-25-17-19-27-47(45)53)61(65(71)75-35-11-7-3)55-39-58(68)56(40-57(55)67)62(66(72)76-36-12-8-4)60(64(70)74-34-10-6-2)54-38-52-44-24-16-14-22-42(44)30-32-50(52)46-26-18-20-28-48(46)54/h13-32,37-40H,5-12,33-36H2,1-4H3/b61-59-,62-60-. The maximum absolute atomic E-state index is 15.2. The summed E-state index contributed by atoms with van der Waals surface area (Å²) < 4.78 is 25.1. The Morgan fingerprint density at radius 2 is 0.592 bits per heavy atom. The van der Waals surface area contributed by atoms with Crippen LogP contribution in [0.4, 0.5) is 0 Å². The average Bonchev–Trinajstić information content (AvgIpc) is 3.47.